The number of hydrogen-bond acceptors (Lipinski definition) is 5. The summed E-state index contributed by atoms with van der Waals surface area (Å²) in [5.41, 5.74) is 2.19. The molecule has 0 N–H and O–H groups in total. The van der Waals surface area contributed by atoms with Gasteiger partial charge in [-0.1, -0.05) is 6.92 Å². The highest BCUT2D eigenvalue weighted by Crippen LogP contribution is 2.19. The molecule has 1 atom stereocenters. The SMILES string of the molecule is CCC1CCCCN1C(=O)COC(=O)c1ccc(-n2nc(C)cc2C)nc1. The quantitative estimate of drug-likeness (QED) is 0.757. The summed E-state index contributed by atoms with van der Waals surface area (Å²) in [5.74, 6) is -0.0322. The van der Waals surface area contributed by atoms with Crippen molar-refractivity contribution in [2.75, 3.05) is 13.2 Å². The first-order valence-corrected chi connectivity index (χ1v) is 9.46. The molecule has 1 aliphatic rings. The molecule has 2 aromatic heterocycles. The van der Waals surface area contributed by atoms with Gasteiger partial charge >= 0.3 is 5.97 Å². The molecule has 1 aliphatic heterocycles. The van der Waals surface area contributed by atoms with Crippen molar-refractivity contribution in [1.82, 2.24) is 19.7 Å². The Hall–Kier alpha value is -2.70. The maximum atomic E-state index is 12.4. The number of piperidine rings is 1. The Labute approximate surface area is 159 Å². The van der Waals surface area contributed by atoms with E-state index in [9.17, 15) is 9.59 Å². The van der Waals surface area contributed by atoms with E-state index in [4.69, 9.17) is 4.74 Å². The lowest BCUT2D eigenvalue weighted by molar-refractivity contribution is -0.138. The zero-order chi connectivity index (χ0) is 19.4. The van der Waals surface area contributed by atoms with Crippen LogP contribution in [0.2, 0.25) is 0 Å². The molecule has 27 heavy (non-hydrogen) atoms. The highest BCUT2D eigenvalue weighted by Gasteiger charge is 2.26. The average molecular weight is 370 g/mol. The fraction of sp³-hybridized carbons (Fsp3) is 0.500. The molecule has 0 bridgehead atoms. The van der Waals surface area contributed by atoms with E-state index < -0.39 is 5.97 Å². The van der Waals surface area contributed by atoms with Crippen LogP contribution in [-0.4, -0.2) is 50.7 Å². The van der Waals surface area contributed by atoms with E-state index in [1.54, 1.807) is 16.8 Å². The van der Waals surface area contributed by atoms with E-state index in [0.717, 1.165) is 43.6 Å². The second-order valence-electron chi connectivity index (χ2n) is 6.97. The molecule has 3 heterocycles. The molecule has 0 saturated carbocycles. The summed E-state index contributed by atoms with van der Waals surface area (Å²) >= 11 is 0. The van der Waals surface area contributed by atoms with Gasteiger partial charge in [-0.05, 0) is 57.7 Å². The number of carbonyl (C=O) groups excluding carboxylic acids is 2. The number of esters is 1. The molecule has 0 aliphatic carbocycles. The van der Waals surface area contributed by atoms with Gasteiger partial charge in [0.05, 0.1) is 11.3 Å². The Morgan fingerprint density at radius 1 is 1.26 bits per heavy atom. The number of hydrogen-bond donors (Lipinski definition) is 0. The fourth-order valence-electron chi connectivity index (χ4n) is 3.54. The van der Waals surface area contributed by atoms with Crippen molar-refractivity contribution in [1.29, 1.82) is 0 Å². The second kappa shape index (κ2) is 8.33. The lowest BCUT2D eigenvalue weighted by atomic mass is 10.00. The first-order valence-electron chi connectivity index (χ1n) is 9.46. The normalized spacial score (nSPS) is 17.0. The van der Waals surface area contributed by atoms with E-state index in [-0.39, 0.29) is 18.6 Å². The largest absolute Gasteiger partial charge is 0.452 e. The van der Waals surface area contributed by atoms with Gasteiger partial charge in [-0.25, -0.2) is 14.5 Å². The minimum atomic E-state index is -0.541. The fourth-order valence-corrected chi connectivity index (χ4v) is 3.54. The molecule has 3 rings (SSSR count). The molecule has 2 aromatic rings. The minimum absolute atomic E-state index is 0.123. The van der Waals surface area contributed by atoms with E-state index in [1.807, 2.05) is 24.8 Å². The molecule has 0 radical (unpaired) electrons. The summed E-state index contributed by atoms with van der Waals surface area (Å²) in [6, 6.07) is 5.57. The van der Waals surface area contributed by atoms with Crippen molar-refractivity contribution in [3.05, 3.63) is 41.3 Å². The van der Waals surface area contributed by atoms with Crippen LogP contribution >= 0.6 is 0 Å². The summed E-state index contributed by atoms with van der Waals surface area (Å²) in [7, 11) is 0. The number of aryl methyl sites for hydroxylation is 2. The molecular formula is C20H26N4O3. The third-order valence-electron chi connectivity index (χ3n) is 4.96. The number of amides is 1. The molecule has 144 valence electrons. The molecule has 0 aromatic carbocycles. The molecule has 0 spiro atoms. The van der Waals surface area contributed by atoms with Crippen LogP contribution in [-0.2, 0) is 9.53 Å². The highest BCUT2D eigenvalue weighted by atomic mass is 16.5. The average Bonchev–Trinajstić information content (AvgIpc) is 3.03. The van der Waals surface area contributed by atoms with Crippen molar-refractivity contribution in [2.45, 2.75) is 52.5 Å². The van der Waals surface area contributed by atoms with Crippen molar-refractivity contribution in [2.24, 2.45) is 0 Å². The van der Waals surface area contributed by atoms with Gasteiger partial charge in [-0.2, -0.15) is 5.10 Å². The molecule has 1 saturated heterocycles. The predicted octanol–water partition coefficient (Wildman–Crippen LogP) is 2.83. The molecule has 1 unspecified atom stereocenters. The number of ether oxygens (including phenoxy) is 1. The van der Waals surface area contributed by atoms with Crippen molar-refractivity contribution in [3.8, 4) is 5.82 Å². The van der Waals surface area contributed by atoms with Gasteiger partial charge in [0.2, 0.25) is 0 Å². The first kappa shape index (κ1) is 19.1. The van der Waals surface area contributed by atoms with Crippen LogP contribution in [0.15, 0.2) is 24.4 Å². The summed E-state index contributed by atoms with van der Waals surface area (Å²) in [6.45, 7) is 6.46. The van der Waals surface area contributed by atoms with Gasteiger partial charge in [0, 0.05) is 24.5 Å². The van der Waals surface area contributed by atoms with Gasteiger partial charge in [-0.3, -0.25) is 4.79 Å². The number of pyridine rings is 1. The molecule has 7 nitrogen and oxygen atoms in total. The predicted molar refractivity (Wildman–Crippen MR) is 101 cm³/mol. The lowest BCUT2D eigenvalue weighted by Crippen LogP contribution is -2.45. The van der Waals surface area contributed by atoms with Crippen molar-refractivity contribution >= 4 is 11.9 Å². The van der Waals surface area contributed by atoms with Gasteiger partial charge in [-0.15, -0.1) is 0 Å². The van der Waals surface area contributed by atoms with Crippen molar-refractivity contribution in [3.63, 3.8) is 0 Å². The Bertz CT molecular complexity index is 813. The summed E-state index contributed by atoms with van der Waals surface area (Å²) in [5, 5.41) is 4.37. The maximum Gasteiger partial charge on any atom is 0.340 e. The standard InChI is InChI=1S/C20H26N4O3/c1-4-17-7-5-6-10-23(17)19(25)13-27-20(26)16-8-9-18(21-12-16)24-15(3)11-14(2)22-24/h8-9,11-12,17H,4-7,10,13H2,1-3H3. The lowest BCUT2D eigenvalue weighted by Gasteiger charge is -2.35. The van der Waals surface area contributed by atoms with E-state index in [1.165, 1.54) is 6.20 Å². The molecular weight excluding hydrogens is 344 g/mol. The van der Waals surface area contributed by atoms with Crippen LogP contribution in [0, 0.1) is 13.8 Å². The Morgan fingerprint density at radius 2 is 2.07 bits per heavy atom. The topological polar surface area (TPSA) is 77.3 Å². The van der Waals surface area contributed by atoms with E-state index >= 15 is 0 Å². The molecule has 1 fully saturated rings. The Kier molecular flexibility index (Phi) is 5.88. The third-order valence-corrected chi connectivity index (χ3v) is 4.96. The first-order chi connectivity index (χ1) is 13.0. The number of nitrogens with zero attached hydrogens (tertiary/aromatic N) is 4. The number of aromatic nitrogens is 3. The third kappa shape index (κ3) is 4.35. The molecule has 7 heteroatoms. The van der Waals surface area contributed by atoms with Crippen LogP contribution in [0.4, 0.5) is 0 Å². The second-order valence-corrected chi connectivity index (χ2v) is 6.97. The van der Waals surface area contributed by atoms with Gasteiger partial charge in [0.15, 0.2) is 12.4 Å². The zero-order valence-electron chi connectivity index (χ0n) is 16.1. The van der Waals surface area contributed by atoms with Crippen LogP contribution in [0.25, 0.3) is 5.82 Å². The zero-order valence-corrected chi connectivity index (χ0v) is 16.1. The summed E-state index contributed by atoms with van der Waals surface area (Å²) < 4.78 is 6.93. The molecule has 1 amide bonds. The number of likely N-dealkylation sites (tertiary alicyclic amines) is 1. The Balaban J connectivity index is 1.59. The number of carbonyl (C=O) groups is 2. The monoisotopic (exact) mass is 370 g/mol. The van der Waals surface area contributed by atoms with Gasteiger partial charge in [0.1, 0.15) is 0 Å². The van der Waals surface area contributed by atoms with E-state index in [0.29, 0.717) is 11.4 Å². The van der Waals surface area contributed by atoms with Crippen LogP contribution in [0.3, 0.4) is 0 Å². The summed E-state index contributed by atoms with van der Waals surface area (Å²) in [6.07, 6.45) is 5.56. The van der Waals surface area contributed by atoms with Crippen LogP contribution in [0.5, 0.6) is 0 Å². The van der Waals surface area contributed by atoms with Gasteiger partial charge < -0.3 is 9.64 Å². The maximum absolute atomic E-state index is 12.4. The Morgan fingerprint density at radius 3 is 2.70 bits per heavy atom. The van der Waals surface area contributed by atoms with E-state index in [2.05, 4.69) is 17.0 Å². The van der Waals surface area contributed by atoms with Gasteiger partial charge in [0.25, 0.3) is 5.91 Å². The summed E-state index contributed by atoms with van der Waals surface area (Å²) in [4.78, 5) is 30.8. The smallest absolute Gasteiger partial charge is 0.340 e. The van der Waals surface area contributed by atoms with Crippen molar-refractivity contribution < 1.29 is 14.3 Å². The highest BCUT2D eigenvalue weighted by molar-refractivity contribution is 5.91. The minimum Gasteiger partial charge on any atom is -0.452 e. The number of rotatable bonds is 5. The van der Waals surface area contributed by atoms with Crippen LogP contribution < -0.4 is 0 Å². The van der Waals surface area contributed by atoms with Crippen LogP contribution in [0.1, 0.15) is 54.4 Å².